The van der Waals surface area contributed by atoms with Crippen molar-refractivity contribution < 1.29 is 4.74 Å². The van der Waals surface area contributed by atoms with Gasteiger partial charge in [-0.25, -0.2) is 0 Å². The third-order valence-electron chi connectivity index (χ3n) is 4.07. The molecule has 3 rings (SSSR count). The molecular weight excluding hydrogens is 276 g/mol. The number of hydrogen-bond donors (Lipinski definition) is 1. The van der Waals surface area contributed by atoms with Crippen LogP contribution in [0.15, 0.2) is 30.6 Å². The molecule has 5 nitrogen and oxygen atoms in total. The molecular formula is C17H24N4O. The average molecular weight is 300 g/mol. The first-order chi connectivity index (χ1) is 10.7. The number of nitrogens with two attached hydrogens (primary N) is 1. The Labute approximate surface area is 131 Å². The molecule has 0 amide bonds. The molecule has 118 valence electrons. The molecule has 1 aromatic carbocycles. The van der Waals surface area contributed by atoms with Crippen LogP contribution in [0.2, 0.25) is 0 Å². The van der Waals surface area contributed by atoms with Gasteiger partial charge >= 0.3 is 0 Å². The summed E-state index contributed by atoms with van der Waals surface area (Å²) in [7, 11) is 2.12. The van der Waals surface area contributed by atoms with Crippen LogP contribution in [-0.4, -0.2) is 40.9 Å². The van der Waals surface area contributed by atoms with Crippen LogP contribution in [0.4, 0.5) is 5.69 Å². The molecule has 0 spiro atoms. The molecule has 2 aromatic rings. The Kier molecular flexibility index (Phi) is 4.34. The Morgan fingerprint density at radius 1 is 1.36 bits per heavy atom. The number of aryl methyl sites for hydroxylation is 1. The lowest BCUT2D eigenvalue weighted by Crippen LogP contribution is -2.21. The number of nitrogen functional groups attached to an aromatic ring is 1. The van der Waals surface area contributed by atoms with E-state index in [1.807, 2.05) is 29.1 Å². The molecule has 0 bridgehead atoms. The predicted molar refractivity (Wildman–Crippen MR) is 88.9 cm³/mol. The Morgan fingerprint density at radius 2 is 2.23 bits per heavy atom. The molecule has 1 atom stereocenters. The van der Waals surface area contributed by atoms with Crippen molar-refractivity contribution in [2.45, 2.75) is 32.4 Å². The van der Waals surface area contributed by atoms with Gasteiger partial charge in [0.25, 0.3) is 0 Å². The Balaban J connectivity index is 1.79. The van der Waals surface area contributed by atoms with Crippen LogP contribution in [0.5, 0.6) is 5.75 Å². The molecule has 0 radical (unpaired) electrons. The first-order valence-corrected chi connectivity index (χ1v) is 7.93. The summed E-state index contributed by atoms with van der Waals surface area (Å²) in [6.07, 6.45) is 6.32. The number of likely N-dealkylation sites (tertiary alicyclic amines) is 1. The first-order valence-electron chi connectivity index (χ1n) is 7.93. The van der Waals surface area contributed by atoms with Gasteiger partial charge in [0.15, 0.2) is 0 Å². The van der Waals surface area contributed by atoms with E-state index in [9.17, 15) is 0 Å². The zero-order valence-electron chi connectivity index (χ0n) is 13.3. The van der Waals surface area contributed by atoms with Crippen molar-refractivity contribution in [1.29, 1.82) is 0 Å². The van der Waals surface area contributed by atoms with Crippen molar-refractivity contribution in [2.24, 2.45) is 0 Å². The Morgan fingerprint density at radius 3 is 2.95 bits per heavy atom. The quantitative estimate of drug-likeness (QED) is 0.862. The fraction of sp³-hybridized carbons (Fsp3) is 0.471. The van der Waals surface area contributed by atoms with Crippen LogP contribution < -0.4 is 10.5 Å². The third kappa shape index (κ3) is 3.25. The molecule has 1 aliphatic heterocycles. The number of ether oxygens (including phenoxy) is 1. The van der Waals surface area contributed by atoms with Gasteiger partial charge in [-0.05, 0) is 37.6 Å². The van der Waals surface area contributed by atoms with Gasteiger partial charge in [0.05, 0.1) is 11.9 Å². The summed E-state index contributed by atoms with van der Waals surface area (Å²) >= 11 is 0. The van der Waals surface area contributed by atoms with E-state index >= 15 is 0 Å². The molecule has 1 unspecified atom stereocenters. The summed E-state index contributed by atoms with van der Waals surface area (Å²) in [6, 6.07) is 5.97. The second kappa shape index (κ2) is 6.40. The lowest BCUT2D eigenvalue weighted by Gasteiger charge is -2.16. The minimum absolute atomic E-state index is 0.227. The minimum Gasteiger partial charge on any atom is -0.487 e. The van der Waals surface area contributed by atoms with E-state index in [1.54, 1.807) is 0 Å². The van der Waals surface area contributed by atoms with E-state index in [0.717, 1.165) is 49.4 Å². The topological polar surface area (TPSA) is 56.3 Å². The molecule has 1 fully saturated rings. The smallest absolute Gasteiger partial charge is 0.143 e. The second-order valence-corrected chi connectivity index (χ2v) is 6.04. The maximum Gasteiger partial charge on any atom is 0.143 e. The van der Waals surface area contributed by atoms with Crippen LogP contribution in [0.1, 0.15) is 19.8 Å². The number of aromatic nitrogens is 2. The fourth-order valence-corrected chi connectivity index (χ4v) is 2.85. The van der Waals surface area contributed by atoms with Gasteiger partial charge in [0, 0.05) is 31.4 Å². The van der Waals surface area contributed by atoms with E-state index in [1.165, 1.54) is 0 Å². The average Bonchev–Trinajstić information content (AvgIpc) is 3.11. The van der Waals surface area contributed by atoms with Crippen molar-refractivity contribution in [3.63, 3.8) is 0 Å². The minimum atomic E-state index is 0.227. The summed E-state index contributed by atoms with van der Waals surface area (Å²) in [6.45, 7) is 5.12. The number of rotatable bonds is 5. The van der Waals surface area contributed by atoms with Crippen molar-refractivity contribution >= 4 is 5.69 Å². The van der Waals surface area contributed by atoms with Crippen LogP contribution in [-0.2, 0) is 6.54 Å². The number of nitrogens with zero attached hydrogens (tertiary/aromatic N) is 3. The SMILES string of the molecule is CCCn1cc(-c2ccc(N)c(OC3CCN(C)C3)c2)cn1. The Hall–Kier alpha value is -2.01. The van der Waals surface area contributed by atoms with Crippen LogP contribution in [0.3, 0.4) is 0 Å². The summed E-state index contributed by atoms with van der Waals surface area (Å²) in [5.74, 6) is 0.779. The molecule has 1 aromatic heterocycles. The summed E-state index contributed by atoms with van der Waals surface area (Å²) in [5.41, 5.74) is 8.96. The zero-order valence-corrected chi connectivity index (χ0v) is 13.3. The van der Waals surface area contributed by atoms with Gasteiger partial charge in [-0.3, -0.25) is 4.68 Å². The second-order valence-electron chi connectivity index (χ2n) is 6.04. The van der Waals surface area contributed by atoms with Crippen LogP contribution >= 0.6 is 0 Å². The highest BCUT2D eigenvalue weighted by Gasteiger charge is 2.21. The number of benzene rings is 1. The van der Waals surface area contributed by atoms with Crippen molar-refractivity contribution in [1.82, 2.24) is 14.7 Å². The standard InChI is InChI=1S/C17H24N4O/c1-3-7-21-11-14(10-19-21)13-4-5-16(18)17(9-13)22-15-6-8-20(2)12-15/h4-5,9-11,15H,3,6-8,12,18H2,1-2H3. The van der Waals surface area contributed by atoms with Gasteiger partial charge < -0.3 is 15.4 Å². The van der Waals surface area contributed by atoms with Crippen molar-refractivity contribution in [3.8, 4) is 16.9 Å². The maximum atomic E-state index is 6.10. The van der Waals surface area contributed by atoms with Gasteiger partial charge in [-0.2, -0.15) is 5.10 Å². The molecule has 22 heavy (non-hydrogen) atoms. The largest absolute Gasteiger partial charge is 0.487 e. The molecule has 1 aliphatic rings. The van der Waals surface area contributed by atoms with Crippen molar-refractivity contribution in [3.05, 3.63) is 30.6 Å². The van der Waals surface area contributed by atoms with Gasteiger partial charge in [-0.1, -0.05) is 13.0 Å². The monoisotopic (exact) mass is 300 g/mol. The third-order valence-corrected chi connectivity index (χ3v) is 4.07. The first kappa shape index (κ1) is 14.9. The van der Waals surface area contributed by atoms with E-state index in [-0.39, 0.29) is 6.10 Å². The molecule has 2 N–H and O–H groups in total. The predicted octanol–water partition coefficient (Wildman–Crippen LogP) is 2.63. The zero-order chi connectivity index (χ0) is 15.5. The molecule has 2 heterocycles. The van der Waals surface area contributed by atoms with E-state index in [4.69, 9.17) is 10.5 Å². The highest BCUT2D eigenvalue weighted by Crippen LogP contribution is 2.30. The van der Waals surface area contributed by atoms with E-state index in [0.29, 0.717) is 5.69 Å². The molecule has 0 aliphatic carbocycles. The molecule has 5 heteroatoms. The lowest BCUT2D eigenvalue weighted by atomic mass is 10.1. The number of anilines is 1. The number of likely N-dealkylation sites (N-methyl/N-ethyl adjacent to an activating group) is 1. The summed E-state index contributed by atoms with van der Waals surface area (Å²) in [5, 5.41) is 4.39. The lowest BCUT2D eigenvalue weighted by molar-refractivity contribution is 0.209. The normalized spacial score (nSPS) is 18.7. The summed E-state index contributed by atoms with van der Waals surface area (Å²) in [4.78, 5) is 2.28. The van der Waals surface area contributed by atoms with E-state index in [2.05, 4.69) is 30.2 Å². The number of hydrogen-bond acceptors (Lipinski definition) is 4. The van der Waals surface area contributed by atoms with E-state index < -0.39 is 0 Å². The molecule has 1 saturated heterocycles. The van der Waals surface area contributed by atoms with Gasteiger partial charge in [0.2, 0.25) is 0 Å². The van der Waals surface area contributed by atoms with Crippen LogP contribution in [0, 0.1) is 0 Å². The molecule has 0 saturated carbocycles. The van der Waals surface area contributed by atoms with Crippen LogP contribution in [0.25, 0.3) is 11.1 Å². The highest BCUT2D eigenvalue weighted by atomic mass is 16.5. The van der Waals surface area contributed by atoms with Gasteiger partial charge in [0.1, 0.15) is 11.9 Å². The summed E-state index contributed by atoms with van der Waals surface area (Å²) < 4.78 is 8.07. The van der Waals surface area contributed by atoms with Crippen molar-refractivity contribution in [2.75, 3.05) is 25.9 Å². The maximum absolute atomic E-state index is 6.10. The highest BCUT2D eigenvalue weighted by molar-refractivity contribution is 5.69. The van der Waals surface area contributed by atoms with Gasteiger partial charge in [-0.15, -0.1) is 0 Å². The fourth-order valence-electron chi connectivity index (χ4n) is 2.85. The Bertz CT molecular complexity index is 637.